The van der Waals surface area contributed by atoms with Crippen molar-refractivity contribution in [2.24, 2.45) is 5.92 Å². The Kier molecular flexibility index (Phi) is 7.45. The smallest absolute Gasteiger partial charge is 0.227 e. The third-order valence-corrected chi connectivity index (χ3v) is 7.84. The van der Waals surface area contributed by atoms with E-state index < -0.39 is 6.10 Å². The van der Waals surface area contributed by atoms with Crippen molar-refractivity contribution in [3.8, 4) is 0 Å². The Balaban J connectivity index is 1.38. The summed E-state index contributed by atoms with van der Waals surface area (Å²) in [7, 11) is 1.64. The van der Waals surface area contributed by atoms with E-state index in [1.807, 2.05) is 35.1 Å². The fraction of sp³-hybridized carbons (Fsp3) is 0.538. The summed E-state index contributed by atoms with van der Waals surface area (Å²) in [5.41, 5.74) is 2.23. The maximum absolute atomic E-state index is 10.3. The summed E-state index contributed by atoms with van der Waals surface area (Å²) in [6.07, 6.45) is 7.89. The Morgan fingerprint density at radius 2 is 1.94 bits per heavy atom. The average molecular weight is 510 g/mol. The Hall–Kier alpha value is -2.69. The van der Waals surface area contributed by atoms with Gasteiger partial charge in [0.05, 0.1) is 29.8 Å². The van der Waals surface area contributed by atoms with E-state index in [-0.39, 0.29) is 6.10 Å². The fourth-order valence-corrected chi connectivity index (χ4v) is 5.78. The molecule has 2 aliphatic heterocycles. The van der Waals surface area contributed by atoms with Crippen LogP contribution in [0.25, 0.3) is 10.8 Å². The molecule has 5 rings (SSSR count). The predicted octanol–water partition coefficient (Wildman–Crippen LogP) is 3.67. The molecule has 2 N–H and O–H groups in total. The van der Waals surface area contributed by atoms with Gasteiger partial charge in [0, 0.05) is 62.4 Å². The minimum atomic E-state index is -0.565. The Morgan fingerprint density at radius 1 is 1.11 bits per heavy atom. The van der Waals surface area contributed by atoms with E-state index in [0.29, 0.717) is 24.2 Å². The molecular weight excluding hydrogens is 474 g/mol. The van der Waals surface area contributed by atoms with Gasteiger partial charge in [-0.3, -0.25) is 4.98 Å². The zero-order chi connectivity index (χ0) is 25.2. The number of anilines is 4. The summed E-state index contributed by atoms with van der Waals surface area (Å²) in [6, 6.07) is 3.91. The first-order chi connectivity index (χ1) is 17.5. The number of aromatic nitrogens is 4. The number of β-amino-alcohol motifs (C(OH)–C–C–N with tert-alkyl or cyclic N) is 1. The molecule has 10 heteroatoms. The summed E-state index contributed by atoms with van der Waals surface area (Å²) < 4.78 is 5.35. The molecule has 2 saturated heterocycles. The molecule has 0 amide bonds. The van der Waals surface area contributed by atoms with Gasteiger partial charge in [-0.05, 0) is 36.5 Å². The molecule has 0 radical (unpaired) electrons. The number of hydrogen-bond donors (Lipinski definition) is 2. The minimum Gasteiger partial charge on any atom is -0.389 e. The van der Waals surface area contributed by atoms with Gasteiger partial charge in [0.2, 0.25) is 5.95 Å². The van der Waals surface area contributed by atoms with E-state index in [2.05, 4.69) is 41.4 Å². The zero-order valence-corrected chi connectivity index (χ0v) is 22.2. The van der Waals surface area contributed by atoms with E-state index in [4.69, 9.17) is 19.7 Å². The van der Waals surface area contributed by atoms with E-state index in [1.165, 1.54) is 5.75 Å². The van der Waals surface area contributed by atoms with Gasteiger partial charge in [-0.2, -0.15) is 16.7 Å². The SMILES string of the molecule is COC1CCN(c2nccc(Nc3cc4c(C(C)C)ncc(N5CC(CSC)C5)c4cn3)n2)CC1O. The van der Waals surface area contributed by atoms with Gasteiger partial charge in [0.1, 0.15) is 11.6 Å². The second-order valence-corrected chi connectivity index (χ2v) is 10.9. The number of fused-ring (bicyclic) bond motifs is 1. The van der Waals surface area contributed by atoms with Crippen LogP contribution in [0.1, 0.15) is 31.9 Å². The summed E-state index contributed by atoms with van der Waals surface area (Å²) in [5, 5.41) is 16.0. The highest BCUT2D eigenvalue weighted by Gasteiger charge is 2.30. The highest BCUT2D eigenvalue weighted by molar-refractivity contribution is 7.98. The first-order valence-electron chi connectivity index (χ1n) is 12.5. The molecule has 0 spiro atoms. The first kappa shape index (κ1) is 25.0. The molecule has 0 aliphatic carbocycles. The van der Waals surface area contributed by atoms with Crippen molar-refractivity contribution < 1.29 is 9.84 Å². The lowest BCUT2D eigenvalue weighted by atomic mass is 9.98. The monoisotopic (exact) mass is 509 g/mol. The lowest BCUT2D eigenvalue weighted by Gasteiger charge is -2.41. The fourth-order valence-electron chi connectivity index (χ4n) is 5.10. The van der Waals surface area contributed by atoms with Crippen LogP contribution in [0.15, 0.2) is 30.7 Å². The van der Waals surface area contributed by atoms with Crippen LogP contribution in [0.2, 0.25) is 0 Å². The van der Waals surface area contributed by atoms with Crippen molar-refractivity contribution in [2.75, 3.05) is 60.4 Å². The van der Waals surface area contributed by atoms with E-state index in [9.17, 15) is 5.11 Å². The van der Waals surface area contributed by atoms with Crippen molar-refractivity contribution >= 4 is 45.8 Å². The topological polar surface area (TPSA) is 99.5 Å². The first-order valence-corrected chi connectivity index (χ1v) is 13.9. The molecule has 9 nitrogen and oxygen atoms in total. The van der Waals surface area contributed by atoms with E-state index in [1.54, 1.807) is 13.3 Å². The standard InChI is InChI=1S/C26H35N7O2S/c1-16(2)25-18-9-24(28-10-19(18)20(11-29-25)33-12-17(13-33)15-36-4)30-23-5-7-27-26(31-23)32-8-6-22(35-3)21(34)14-32/h5,7,9-11,16-17,21-22,34H,6,8,12-15H2,1-4H3,(H,27,28,30,31). The van der Waals surface area contributed by atoms with Crippen LogP contribution in [-0.2, 0) is 4.74 Å². The lowest BCUT2D eigenvalue weighted by Crippen LogP contribution is -2.48. The Bertz CT molecular complexity index is 1200. The summed E-state index contributed by atoms with van der Waals surface area (Å²) in [4.78, 5) is 23.1. The van der Waals surface area contributed by atoms with E-state index >= 15 is 0 Å². The molecular formula is C26H35N7O2S. The number of pyridine rings is 2. The van der Waals surface area contributed by atoms with Gasteiger partial charge in [0.25, 0.3) is 0 Å². The molecule has 2 fully saturated rings. The second kappa shape index (κ2) is 10.7. The van der Waals surface area contributed by atoms with Gasteiger partial charge < -0.3 is 25.0 Å². The molecule has 2 aliphatic rings. The van der Waals surface area contributed by atoms with E-state index in [0.717, 1.165) is 59.9 Å². The van der Waals surface area contributed by atoms with Crippen LogP contribution in [0.3, 0.4) is 0 Å². The largest absolute Gasteiger partial charge is 0.389 e. The van der Waals surface area contributed by atoms with Crippen molar-refractivity contribution in [1.29, 1.82) is 0 Å². The number of ether oxygens (including phenoxy) is 1. The third-order valence-electron chi connectivity index (χ3n) is 7.03. The van der Waals surface area contributed by atoms with Gasteiger partial charge in [-0.25, -0.2) is 9.97 Å². The van der Waals surface area contributed by atoms with Crippen molar-refractivity contribution in [3.05, 3.63) is 36.4 Å². The number of nitrogens with zero attached hydrogens (tertiary/aromatic N) is 6. The van der Waals surface area contributed by atoms with Crippen molar-refractivity contribution in [1.82, 2.24) is 19.9 Å². The Labute approximate surface area is 216 Å². The summed E-state index contributed by atoms with van der Waals surface area (Å²) in [6.45, 7) is 7.65. The van der Waals surface area contributed by atoms with Gasteiger partial charge in [0.15, 0.2) is 0 Å². The highest BCUT2D eigenvalue weighted by atomic mass is 32.2. The second-order valence-electron chi connectivity index (χ2n) is 9.97. The molecule has 3 aromatic rings. The van der Waals surface area contributed by atoms with Crippen LogP contribution in [-0.4, -0.2) is 82.5 Å². The molecule has 2 unspecified atom stereocenters. The summed E-state index contributed by atoms with van der Waals surface area (Å²) in [5.74, 6) is 4.19. The number of rotatable bonds is 8. The lowest BCUT2D eigenvalue weighted by molar-refractivity contribution is -0.0219. The van der Waals surface area contributed by atoms with Crippen LogP contribution in [0.4, 0.5) is 23.3 Å². The number of nitrogens with one attached hydrogen (secondary N) is 1. The molecule has 2 atom stereocenters. The molecule has 192 valence electrons. The number of thioether (sulfide) groups is 1. The van der Waals surface area contributed by atoms with Crippen LogP contribution < -0.4 is 15.1 Å². The van der Waals surface area contributed by atoms with Crippen LogP contribution >= 0.6 is 11.8 Å². The highest BCUT2D eigenvalue weighted by Crippen LogP contribution is 2.36. The quantitative estimate of drug-likeness (QED) is 0.468. The maximum atomic E-state index is 10.3. The average Bonchev–Trinajstić information content (AvgIpc) is 2.85. The molecule has 0 saturated carbocycles. The van der Waals surface area contributed by atoms with Gasteiger partial charge in [-0.1, -0.05) is 13.8 Å². The van der Waals surface area contributed by atoms with Crippen molar-refractivity contribution in [3.63, 3.8) is 0 Å². The van der Waals surface area contributed by atoms with Crippen LogP contribution in [0, 0.1) is 5.92 Å². The normalized spacial score (nSPS) is 20.7. The van der Waals surface area contributed by atoms with Crippen molar-refractivity contribution in [2.45, 2.75) is 38.4 Å². The zero-order valence-electron chi connectivity index (χ0n) is 21.4. The predicted molar refractivity (Wildman–Crippen MR) is 147 cm³/mol. The number of methoxy groups -OCH3 is 1. The minimum absolute atomic E-state index is 0.148. The maximum Gasteiger partial charge on any atom is 0.227 e. The third kappa shape index (κ3) is 5.07. The molecule has 36 heavy (non-hydrogen) atoms. The summed E-state index contributed by atoms with van der Waals surface area (Å²) >= 11 is 1.91. The van der Waals surface area contributed by atoms with Gasteiger partial charge >= 0.3 is 0 Å². The Morgan fingerprint density at radius 3 is 2.67 bits per heavy atom. The number of hydrogen-bond acceptors (Lipinski definition) is 10. The van der Waals surface area contributed by atoms with Crippen LogP contribution in [0.5, 0.6) is 0 Å². The number of aliphatic hydroxyl groups excluding tert-OH is 1. The number of aliphatic hydroxyl groups is 1. The molecule has 5 heterocycles. The van der Waals surface area contributed by atoms with Gasteiger partial charge in [-0.15, -0.1) is 0 Å². The molecule has 3 aromatic heterocycles. The molecule has 0 aromatic carbocycles. The number of piperidine rings is 1. The molecule has 0 bridgehead atoms.